The zero-order chi connectivity index (χ0) is 31.6. The second-order valence-electron chi connectivity index (χ2n) is 11.4. The Balaban J connectivity index is 1.92. The molecule has 0 aliphatic carbocycles. The van der Waals surface area contributed by atoms with E-state index in [0.29, 0.717) is 30.8 Å². The molecule has 0 aromatic heterocycles. The standard InChI is InChI=1S/C34H45N3O5S/c1-25(2)23-35-34(39)32(22-28-12-8-7-9-13-28)36(24-29-14-10-15-30(21-29)42-5)33(38)16-11-19-37(43(6,40)41)31-20-26(3)17-18-27(31)4/h7-10,12-15,17-18,20-21,25,32H,11,16,19,22-24H2,1-6H3,(H,35,39). The summed E-state index contributed by atoms with van der Waals surface area (Å²) in [6.45, 7) is 8.67. The molecule has 0 spiro atoms. The Labute approximate surface area is 257 Å². The van der Waals surface area contributed by atoms with Crippen molar-refractivity contribution in [2.24, 2.45) is 5.92 Å². The van der Waals surface area contributed by atoms with E-state index in [1.807, 2.05) is 100 Å². The molecule has 0 bridgehead atoms. The maximum absolute atomic E-state index is 14.0. The number of carbonyl (C=O) groups excluding carboxylic acids is 2. The van der Waals surface area contributed by atoms with Gasteiger partial charge in [0.2, 0.25) is 21.8 Å². The molecule has 9 heteroatoms. The van der Waals surface area contributed by atoms with Crippen LogP contribution in [0.25, 0.3) is 0 Å². The highest BCUT2D eigenvalue weighted by atomic mass is 32.2. The second kappa shape index (κ2) is 15.6. The topological polar surface area (TPSA) is 96.0 Å². The lowest BCUT2D eigenvalue weighted by Crippen LogP contribution is -2.51. The molecule has 0 radical (unpaired) electrons. The molecule has 8 nitrogen and oxygen atoms in total. The Hall–Kier alpha value is -3.85. The van der Waals surface area contributed by atoms with Gasteiger partial charge in [0, 0.05) is 32.5 Å². The van der Waals surface area contributed by atoms with E-state index in [1.165, 1.54) is 10.6 Å². The molecule has 232 valence electrons. The van der Waals surface area contributed by atoms with Crippen molar-refractivity contribution in [1.29, 1.82) is 0 Å². The van der Waals surface area contributed by atoms with Crippen LogP contribution in [0.3, 0.4) is 0 Å². The SMILES string of the molecule is COc1cccc(CN(C(=O)CCCN(c2cc(C)ccc2C)S(C)(=O)=O)C(Cc2ccccc2)C(=O)NCC(C)C)c1. The number of rotatable bonds is 15. The summed E-state index contributed by atoms with van der Waals surface area (Å²) in [6, 6.07) is 22.0. The third-order valence-electron chi connectivity index (χ3n) is 7.23. The lowest BCUT2D eigenvalue weighted by Gasteiger charge is -2.32. The summed E-state index contributed by atoms with van der Waals surface area (Å²) in [6.07, 6.45) is 1.89. The van der Waals surface area contributed by atoms with Crippen molar-refractivity contribution in [3.8, 4) is 5.75 Å². The maximum Gasteiger partial charge on any atom is 0.243 e. The molecular weight excluding hydrogens is 562 g/mol. The number of methoxy groups -OCH3 is 1. The van der Waals surface area contributed by atoms with Crippen LogP contribution in [0.2, 0.25) is 0 Å². The first-order valence-electron chi connectivity index (χ1n) is 14.7. The minimum atomic E-state index is -3.59. The summed E-state index contributed by atoms with van der Waals surface area (Å²) in [5.41, 5.74) is 4.17. The summed E-state index contributed by atoms with van der Waals surface area (Å²) in [7, 11) is -2.00. The van der Waals surface area contributed by atoms with Crippen LogP contribution in [-0.2, 0) is 32.6 Å². The van der Waals surface area contributed by atoms with Crippen LogP contribution in [0.4, 0.5) is 5.69 Å². The number of sulfonamides is 1. The van der Waals surface area contributed by atoms with Crippen LogP contribution in [-0.4, -0.2) is 57.6 Å². The fraction of sp³-hybridized carbons (Fsp3) is 0.412. The predicted molar refractivity (Wildman–Crippen MR) is 173 cm³/mol. The number of anilines is 1. The number of benzene rings is 3. The highest BCUT2D eigenvalue weighted by molar-refractivity contribution is 7.92. The van der Waals surface area contributed by atoms with E-state index in [1.54, 1.807) is 12.0 Å². The minimum Gasteiger partial charge on any atom is -0.497 e. The third-order valence-corrected chi connectivity index (χ3v) is 8.41. The highest BCUT2D eigenvalue weighted by Gasteiger charge is 2.31. The smallest absolute Gasteiger partial charge is 0.243 e. The Morgan fingerprint density at radius 2 is 1.63 bits per heavy atom. The summed E-state index contributed by atoms with van der Waals surface area (Å²) in [5, 5.41) is 3.03. The maximum atomic E-state index is 14.0. The zero-order valence-electron chi connectivity index (χ0n) is 26.2. The molecule has 2 amide bonds. The minimum absolute atomic E-state index is 0.0730. The lowest BCUT2D eigenvalue weighted by atomic mass is 10.0. The Kier molecular flexibility index (Phi) is 12.2. The molecule has 43 heavy (non-hydrogen) atoms. The number of nitrogens with one attached hydrogen (secondary N) is 1. The van der Waals surface area contributed by atoms with Crippen LogP contribution < -0.4 is 14.4 Å². The van der Waals surface area contributed by atoms with Gasteiger partial charge in [0.25, 0.3) is 0 Å². The van der Waals surface area contributed by atoms with Crippen molar-refractivity contribution < 1.29 is 22.7 Å². The predicted octanol–water partition coefficient (Wildman–Crippen LogP) is 5.27. The van der Waals surface area contributed by atoms with Crippen LogP contribution in [0.1, 0.15) is 48.9 Å². The monoisotopic (exact) mass is 607 g/mol. The molecule has 0 fully saturated rings. The molecule has 1 atom stereocenters. The van der Waals surface area contributed by atoms with Gasteiger partial charge in [-0.15, -0.1) is 0 Å². The number of ether oxygens (including phenoxy) is 1. The van der Waals surface area contributed by atoms with E-state index < -0.39 is 16.1 Å². The van der Waals surface area contributed by atoms with Crippen LogP contribution in [0, 0.1) is 19.8 Å². The second-order valence-corrected chi connectivity index (χ2v) is 13.4. The lowest BCUT2D eigenvalue weighted by molar-refractivity contribution is -0.141. The van der Waals surface area contributed by atoms with Gasteiger partial charge in [0.15, 0.2) is 0 Å². The Bertz CT molecular complexity index is 1470. The van der Waals surface area contributed by atoms with Crippen LogP contribution in [0.5, 0.6) is 5.75 Å². The van der Waals surface area contributed by atoms with E-state index in [0.717, 1.165) is 22.3 Å². The van der Waals surface area contributed by atoms with Gasteiger partial charge in [0.05, 0.1) is 19.1 Å². The van der Waals surface area contributed by atoms with Gasteiger partial charge in [-0.2, -0.15) is 0 Å². The first-order chi connectivity index (χ1) is 20.4. The van der Waals surface area contributed by atoms with Crippen molar-refractivity contribution in [2.45, 2.75) is 59.5 Å². The molecule has 3 rings (SSSR count). The van der Waals surface area contributed by atoms with Gasteiger partial charge >= 0.3 is 0 Å². The van der Waals surface area contributed by atoms with E-state index >= 15 is 0 Å². The van der Waals surface area contributed by atoms with Gasteiger partial charge in [0.1, 0.15) is 11.8 Å². The third kappa shape index (κ3) is 10.1. The Morgan fingerprint density at radius 3 is 2.28 bits per heavy atom. The molecule has 0 saturated carbocycles. The molecule has 3 aromatic rings. The largest absolute Gasteiger partial charge is 0.497 e. The van der Waals surface area contributed by atoms with Gasteiger partial charge in [-0.1, -0.05) is 68.4 Å². The molecule has 0 aliphatic rings. The van der Waals surface area contributed by atoms with E-state index in [9.17, 15) is 18.0 Å². The zero-order valence-corrected chi connectivity index (χ0v) is 27.0. The summed E-state index contributed by atoms with van der Waals surface area (Å²) < 4.78 is 32.4. The van der Waals surface area contributed by atoms with Gasteiger partial charge in [-0.05, 0) is 66.6 Å². The number of hydrogen-bond acceptors (Lipinski definition) is 5. The molecule has 0 saturated heterocycles. The van der Waals surface area contributed by atoms with Crippen molar-refractivity contribution in [2.75, 3.05) is 30.8 Å². The van der Waals surface area contributed by atoms with E-state index in [2.05, 4.69) is 5.32 Å². The van der Waals surface area contributed by atoms with Crippen molar-refractivity contribution >= 4 is 27.5 Å². The number of nitrogens with zero attached hydrogens (tertiary/aromatic N) is 2. The van der Waals surface area contributed by atoms with Crippen LogP contribution in [0.15, 0.2) is 72.8 Å². The number of amides is 2. The van der Waals surface area contributed by atoms with E-state index in [-0.39, 0.29) is 37.2 Å². The van der Waals surface area contributed by atoms with Gasteiger partial charge in [-0.25, -0.2) is 8.42 Å². The summed E-state index contributed by atoms with van der Waals surface area (Å²) >= 11 is 0. The molecule has 0 heterocycles. The molecule has 0 aliphatic heterocycles. The normalized spacial score (nSPS) is 12.1. The molecule has 1 N–H and O–H groups in total. The summed E-state index contributed by atoms with van der Waals surface area (Å²) in [5.74, 6) is 0.460. The van der Waals surface area contributed by atoms with Crippen LogP contribution >= 0.6 is 0 Å². The van der Waals surface area contributed by atoms with Crippen molar-refractivity contribution in [3.63, 3.8) is 0 Å². The number of hydrogen-bond donors (Lipinski definition) is 1. The van der Waals surface area contributed by atoms with Gasteiger partial charge < -0.3 is 15.0 Å². The number of aryl methyl sites for hydroxylation is 2. The molecular formula is C34H45N3O5S. The highest BCUT2D eigenvalue weighted by Crippen LogP contribution is 2.25. The average Bonchev–Trinajstić information content (AvgIpc) is 2.97. The van der Waals surface area contributed by atoms with E-state index in [4.69, 9.17) is 4.74 Å². The molecule has 1 unspecified atom stereocenters. The fourth-order valence-electron chi connectivity index (χ4n) is 4.91. The summed E-state index contributed by atoms with van der Waals surface area (Å²) in [4.78, 5) is 29.3. The first kappa shape index (κ1) is 33.6. The molecule has 3 aromatic carbocycles. The van der Waals surface area contributed by atoms with Crippen molar-refractivity contribution in [3.05, 3.63) is 95.1 Å². The fourth-order valence-corrected chi connectivity index (χ4v) is 5.93. The quantitative estimate of drug-likeness (QED) is 0.254. The number of carbonyl (C=O) groups is 2. The first-order valence-corrected chi connectivity index (χ1v) is 16.5. The average molecular weight is 608 g/mol. The van der Waals surface area contributed by atoms with Gasteiger partial charge in [-0.3, -0.25) is 13.9 Å². The van der Waals surface area contributed by atoms with Crippen molar-refractivity contribution in [1.82, 2.24) is 10.2 Å². The Morgan fingerprint density at radius 1 is 0.930 bits per heavy atom.